The number of aryl methyl sites for hydroxylation is 2. The summed E-state index contributed by atoms with van der Waals surface area (Å²) in [7, 11) is 0. The number of hydrogen-bond donors (Lipinski definition) is 2. The number of halogens is 1. The average Bonchev–Trinajstić information content (AvgIpc) is 2.99. The van der Waals surface area contributed by atoms with E-state index in [4.69, 9.17) is 11.6 Å². The molecule has 1 aliphatic rings. The second-order valence-corrected chi connectivity index (χ2v) is 6.31. The van der Waals surface area contributed by atoms with Crippen LogP contribution in [0, 0.1) is 12.8 Å². The van der Waals surface area contributed by atoms with E-state index in [0.29, 0.717) is 18.0 Å². The number of nitrogens with zero attached hydrogens (tertiary/aromatic N) is 2. The molecule has 1 saturated carbocycles. The Bertz CT molecular complexity index is 484. The summed E-state index contributed by atoms with van der Waals surface area (Å²) in [5.74, 6) is -0.571. The van der Waals surface area contributed by atoms with Crippen LogP contribution in [0.5, 0.6) is 0 Å². The van der Waals surface area contributed by atoms with Crippen molar-refractivity contribution in [2.24, 2.45) is 5.92 Å². The summed E-state index contributed by atoms with van der Waals surface area (Å²) in [6, 6.07) is 0. The minimum Gasteiger partial charge on any atom is -0.480 e. The lowest BCUT2D eigenvalue weighted by Crippen LogP contribution is -2.55. The Kier molecular flexibility index (Phi) is 5.27. The lowest BCUT2D eigenvalue weighted by Gasteiger charge is -2.32. The van der Waals surface area contributed by atoms with Crippen LogP contribution in [0.4, 0.5) is 0 Å². The Morgan fingerprint density at radius 2 is 2.43 bits per heavy atom. The number of nitrogens with one attached hydrogen (secondary N) is 1. The van der Waals surface area contributed by atoms with Gasteiger partial charge in [-0.2, -0.15) is 5.10 Å². The summed E-state index contributed by atoms with van der Waals surface area (Å²) < 4.78 is 1.82. The van der Waals surface area contributed by atoms with E-state index in [9.17, 15) is 9.90 Å². The van der Waals surface area contributed by atoms with E-state index in [2.05, 4.69) is 17.3 Å². The fourth-order valence-corrected chi connectivity index (χ4v) is 3.45. The molecule has 0 bridgehead atoms. The van der Waals surface area contributed by atoms with Crippen LogP contribution in [0.3, 0.4) is 0 Å². The highest BCUT2D eigenvalue weighted by Gasteiger charge is 2.48. The molecule has 1 aromatic rings. The standard InChI is InChI=1S/C15H24ClN3O2/c1-3-8-17-15(14(20)21)7-4-5-12(15)6-9-19-10-13(16)11(2)18-19/h10,12,17H,3-9H2,1-2H3,(H,20,21). The van der Waals surface area contributed by atoms with Gasteiger partial charge in [0.2, 0.25) is 0 Å². The molecular formula is C15H24ClN3O2. The minimum atomic E-state index is -0.762. The van der Waals surface area contributed by atoms with E-state index in [1.54, 1.807) is 0 Å². The zero-order valence-corrected chi connectivity index (χ0v) is 13.5. The Morgan fingerprint density at radius 3 is 3.00 bits per heavy atom. The molecule has 5 nitrogen and oxygen atoms in total. The van der Waals surface area contributed by atoms with Crippen molar-refractivity contribution >= 4 is 17.6 Å². The number of aliphatic carboxylic acids is 1. The third kappa shape index (κ3) is 3.40. The van der Waals surface area contributed by atoms with Gasteiger partial charge in [-0.15, -0.1) is 0 Å². The van der Waals surface area contributed by atoms with Crippen molar-refractivity contribution in [2.45, 2.75) is 58.0 Å². The Hall–Kier alpha value is -1.07. The third-order valence-electron chi connectivity index (χ3n) is 4.49. The van der Waals surface area contributed by atoms with Gasteiger partial charge in [0.05, 0.1) is 10.7 Å². The third-order valence-corrected chi connectivity index (χ3v) is 4.86. The molecule has 2 N–H and O–H groups in total. The molecule has 2 rings (SSSR count). The topological polar surface area (TPSA) is 67.2 Å². The lowest BCUT2D eigenvalue weighted by molar-refractivity contribution is -0.146. The molecule has 1 aromatic heterocycles. The number of hydrogen-bond acceptors (Lipinski definition) is 3. The molecule has 0 radical (unpaired) electrons. The summed E-state index contributed by atoms with van der Waals surface area (Å²) in [4.78, 5) is 11.8. The maximum Gasteiger partial charge on any atom is 0.324 e. The van der Waals surface area contributed by atoms with Crippen LogP contribution in [0.25, 0.3) is 0 Å². The van der Waals surface area contributed by atoms with Gasteiger partial charge in [-0.05, 0) is 45.1 Å². The van der Waals surface area contributed by atoms with Gasteiger partial charge in [0.25, 0.3) is 0 Å². The van der Waals surface area contributed by atoms with Crippen LogP contribution < -0.4 is 5.32 Å². The smallest absolute Gasteiger partial charge is 0.324 e. The van der Waals surface area contributed by atoms with Gasteiger partial charge < -0.3 is 10.4 Å². The number of carbonyl (C=O) groups is 1. The Balaban J connectivity index is 2.04. The number of aromatic nitrogens is 2. The quantitative estimate of drug-likeness (QED) is 0.812. The first-order chi connectivity index (χ1) is 9.99. The van der Waals surface area contributed by atoms with Crippen molar-refractivity contribution in [3.8, 4) is 0 Å². The molecule has 1 heterocycles. The predicted octanol–water partition coefficient (Wildman–Crippen LogP) is 2.86. The number of carboxylic acid groups (broad SMARTS) is 1. The van der Waals surface area contributed by atoms with Gasteiger partial charge in [-0.1, -0.05) is 24.9 Å². The van der Waals surface area contributed by atoms with Crippen LogP contribution in [0.1, 0.15) is 44.7 Å². The maximum atomic E-state index is 11.8. The predicted molar refractivity (Wildman–Crippen MR) is 82.6 cm³/mol. The molecule has 2 atom stereocenters. The minimum absolute atomic E-state index is 0.143. The van der Waals surface area contributed by atoms with Crippen molar-refractivity contribution in [2.75, 3.05) is 6.54 Å². The van der Waals surface area contributed by atoms with Crippen molar-refractivity contribution < 1.29 is 9.90 Å². The van der Waals surface area contributed by atoms with E-state index in [1.807, 2.05) is 17.8 Å². The largest absolute Gasteiger partial charge is 0.480 e. The highest BCUT2D eigenvalue weighted by Crippen LogP contribution is 2.38. The Labute approximate surface area is 130 Å². The maximum absolute atomic E-state index is 11.8. The van der Waals surface area contributed by atoms with Gasteiger partial charge >= 0.3 is 5.97 Å². The van der Waals surface area contributed by atoms with Crippen molar-refractivity contribution in [1.82, 2.24) is 15.1 Å². The van der Waals surface area contributed by atoms with Crippen molar-refractivity contribution in [3.63, 3.8) is 0 Å². The zero-order valence-electron chi connectivity index (χ0n) is 12.7. The van der Waals surface area contributed by atoms with E-state index in [-0.39, 0.29) is 5.92 Å². The molecule has 1 fully saturated rings. The van der Waals surface area contributed by atoms with Crippen molar-refractivity contribution in [1.29, 1.82) is 0 Å². The molecule has 1 aliphatic carbocycles. The van der Waals surface area contributed by atoms with Crippen LogP contribution >= 0.6 is 11.6 Å². The van der Waals surface area contributed by atoms with Gasteiger partial charge in [-0.25, -0.2) is 0 Å². The highest BCUT2D eigenvalue weighted by molar-refractivity contribution is 6.31. The van der Waals surface area contributed by atoms with Crippen molar-refractivity contribution in [3.05, 3.63) is 16.9 Å². The molecule has 0 aliphatic heterocycles. The van der Waals surface area contributed by atoms with Gasteiger partial charge in [-0.3, -0.25) is 9.48 Å². The second-order valence-electron chi connectivity index (χ2n) is 5.91. The van der Waals surface area contributed by atoms with E-state index in [0.717, 1.165) is 37.9 Å². The first-order valence-corrected chi connectivity index (χ1v) is 8.05. The fourth-order valence-electron chi connectivity index (χ4n) is 3.30. The molecule has 6 heteroatoms. The van der Waals surface area contributed by atoms with Crippen LogP contribution in [0.15, 0.2) is 6.20 Å². The van der Waals surface area contributed by atoms with Gasteiger partial charge in [0.15, 0.2) is 0 Å². The van der Waals surface area contributed by atoms with Crippen LogP contribution in [-0.4, -0.2) is 32.9 Å². The van der Waals surface area contributed by atoms with E-state index < -0.39 is 11.5 Å². The van der Waals surface area contributed by atoms with Gasteiger partial charge in [0, 0.05) is 12.7 Å². The highest BCUT2D eigenvalue weighted by atomic mass is 35.5. The summed E-state index contributed by atoms with van der Waals surface area (Å²) >= 11 is 6.01. The first kappa shape index (κ1) is 16.3. The first-order valence-electron chi connectivity index (χ1n) is 7.67. The molecule has 0 spiro atoms. The monoisotopic (exact) mass is 313 g/mol. The second kappa shape index (κ2) is 6.79. The van der Waals surface area contributed by atoms with Crippen LogP contribution in [0.2, 0.25) is 5.02 Å². The average molecular weight is 314 g/mol. The number of rotatable bonds is 7. The molecule has 21 heavy (non-hydrogen) atoms. The molecule has 0 aromatic carbocycles. The molecule has 118 valence electrons. The molecule has 0 saturated heterocycles. The molecule has 2 unspecified atom stereocenters. The van der Waals surface area contributed by atoms with E-state index >= 15 is 0 Å². The summed E-state index contributed by atoms with van der Waals surface area (Å²) in [5.41, 5.74) is 0.0545. The lowest BCUT2D eigenvalue weighted by atomic mass is 9.84. The summed E-state index contributed by atoms with van der Waals surface area (Å²) in [6.45, 7) is 5.39. The summed E-state index contributed by atoms with van der Waals surface area (Å²) in [5, 5.41) is 18.0. The normalized spacial score (nSPS) is 25.4. The molecular weight excluding hydrogens is 290 g/mol. The van der Waals surface area contributed by atoms with Crippen LogP contribution in [-0.2, 0) is 11.3 Å². The SMILES string of the molecule is CCCNC1(C(=O)O)CCCC1CCn1cc(Cl)c(C)n1. The zero-order chi connectivity index (χ0) is 15.5. The number of carboxylic acids is 1. The van der Waals surface area contributed by atoms with Gasteiger partial charge in [0.1, 0.15) is 5.54 Å². The Morgan fingerprint density at radius 1 is 1.67 bits per heavy atom. The van der Waals surface area contributed by atoms with E-state index in [1.165, 1.54) is 0 Å². The summed E-state index contributed by atoms with van der Waals surface area (Å²) in [6.07, 6.45) is 6.19. The molecule has 0 amide bonds. The fraction of sp³-hybridized carbons (Fsp3) is 0.733.